The molecule has 0 radical (unpaired) electrons. The summed E-state index contributed by atoms with van der Waals surface area (Å²) in [6, 6.07) is 38.1. The summed E-state index contributed by atoms with van der Waals surface area (Å²) < 4.78 is 297. The summed E-state index contributed by atoms with van der Waals surface area (Å²) in [5.74, 6) is -10.1. The SMILES string of the molecule is Cc1ccc2c(c1)COC(=O)N2C1CCN(S(=O)(=O)c2ccc(F)cc2F)CC1.Cc1cccc2c1N(C1CCN(S(=O)(=O)c3cc(F)c(Cl)cc3F)CC1)C(=O)OC2.Cc1cccc2c1N(C1CCN(S(=O)(=O)c3ccc(F)cc3F)CC1)C(=O)OC2.O=C1OCc2cc(Cl)ccc2N1C1CCN(S(=O)(=O)c2ccc(F)cc2F)CC1.O=C1OCc2ccccc2N1C1CCN(S(=O)(=O)c2cc(F)c(Cl)cc2F)CC1. The van der Waals surface area contributed by atoms with Gasteiger partial charge in [0.05, 0.1) is 38.5 Å². The highest BCUT2D eigenvalue weighted by atomic mass is 35.5. The molecule has 10 aromatic carbocycles. The number of ether oxygens (including phenoxy) is 5. The van der Waals surface area contributed by atoms with Crippen molar-refractivity contribution < 1.29 is 134 Å². The van der Waals surface area contributed by atoms with Crippen LogP contribution < -0.4 is 24.5 Å². The number of nitrogens with zero attached hydrogens (tertiary/aromatic N) is 10. The summed E-state index contributed by atoms with van der Waals surface area (Å²) in [5.41, 5.74) is 11.1. The zero-order valence-electron chi connectivity index (χ0n) is 77.9. The second-order valence-corrected chi connectivity index (χ2v) is 46.4. The molecular formula is C98H93Cl3F10N10O20S5. The molecule has 776 valence electrons. The van der Waals surface area contributed by atoms with E-state index in [9.17, 15) is 110 Å². The van der Waals surface area contributed by atoms with Crippen LogP contribution in [0.4, 0.5) is 96.3 Å². The molecule has 0 saturated carbocycles. The summed E-state index contributed by atoms with van der Waals surface area (Å²) >= 11 is 17.0. The topological polar surface area (TPSA) is 335 Å². The number of hydrogen-bond donors (Lipinski definition) is 0. The number of hydrogen-bond acceptors (Lipinski definition) is 20. The lowest BCUT2D eigenvalue weighted by Crippen LogP contribution is -2.50. The molecular weight excluding hydrogens is 2090 g/mol. The Balaban J connectivity index is 0.000000131. The zero-order valence-corrected chi connectivity index (χ0v) is 84.2. The highest BCUT2D eigenvalue weighted by Gasteiger charge is 2.46. The van der Waals surface area contributed by atoms with E-state index in [0.29, 0.717) is 117 Å². The van der Waals surface area contributed by atoms with Crippen molar-refractivity contribution in [1.29, 1.82) is 0 Å². The lowest BCUT2D eigenvalue weighted by molar-refractivity contribution is 0.135. The lowest BCUT2D eigenvalue weighted by Gasteiger charge is -2.40. The first-order valence-electron chi connectivity index (χ1n) is 45.9. The number of anilines is 5. The smallest absolute Gasteiger partial charge is 0.414 e. The van der Waals surface area contributed by atoms with E-state index in [-0.39, 0.29) is 129 Å². The third-order valence-electron chi connectivity index (χ3n) is 26.6. The van der Waals surface area contributed by atoms with Gasteiger partial charge in [-0.25, -0.2) is 110 Å². The van der Waals surface area contributed by atoms with Crippen LogP contribution in [0.1, 0.15) is 109 Å². The summed E-state index contributed by atoms with van der Waals surface area (Å²) in [5, 5.41) is -0.436. The Bertz CT molecular complexity index is 7220. The maximum atomic E-state index is 14.2. The van der Waals surface area contributed by atoms with Crippen LogP contribution in [0.3, 0.4) is 0 Å². The molecule has 5 fully saturated rings. The first-order chi connectivity index (χ1) is 69.3. The van der Waals surface area contributed by atoms with Crippen molar-refractivity contribution in [3.05, 3.63) is 294 Å². The Kier molecular flexibility index (Phi) is 32.2. The second-order valence-electron chi connectivity index (χ2n) is 35.6. The van der Waals surface area contributed by atoms with E-state index in [1.807, 2.05) is 99.6 Å². The van der Waals surface area contributed by atoms with Gasteiger partial charge in [-0.2, -0.15) is 21.5 Å². The standard InChI is InChI=1S/C20H19ClF2N2O4S.2C20H20F2N2O4S.2C19H17ClF2N2O4S/c1-12-3-2-4-13-11-29-20(26)25(19(12)13)14-5-7-24(8-6-14)30(27,28)18-10-16(22)15(21)9-17(18)23;1-13-2-4-18-14(10-13)12-28-20(25)24(18)16-6-8-23(9-7-16)29(26,27)19-5-3-15(21)11-17(19)22;1-13-3-2-4-14-12-28-20(25)24(19(13)14)16-7-9-23(10-8-16)29(26,27)18-6-5-15(21)11-17(18)22;20-13-1-3-17-12(9-13)11-28-19(25)24(17)15-5-7-23(8-6-15)29(26,27)18-4-2-14(21)10-16(18)22;20-14-9-16(22)18(10-15(14)21)29(26,27)23-7-5-13(6-8-23)24-17-4-2-1-3-12(17)11-28-19(24)25/h2-4,9-10,14H,5-8,11H2,1H3;2-5,10-11,16H,6-9,12H2,1H3;2-6,11,16H,7-10,12H2,1H3;1-4,9-10,15H,5-8,11H2;1-4,9-10,13H,5-8,11H2. The average Bonchev–Trinajstić information content (AvgIpc) is 0.770. The van der Waals surface area contributed by atoms with Crippen molar-refractivity contribution in [3.8, 4) is 0 Å². The van der Waals surface area contributed by atoms with Gasteiger partial charge in [0.1, 0.15) is 116 Å². The monoisotopic (exact) mass is 2180 g/mol. The third-order valence-corrected chi connectivity index (χ3v) is 37.0. The molecule has 48 heteroatoms. The van der Waals surface area contributed by atoms with Gasteiger partial charge in [0.15, 0.2) is 0 Å². The van der Waals surface area contributed by atoms with Gasteiger partial charge < -0.3 is 23.7 Å². The van der Waals surface area contributed by atoms with Crippen LogP contribution in [-0.4, -0.2) is 190 Å². The van der Waals surface area contributed by atoms with E-state index in [1.54, 1.807) is 37.8 Å². The van der Waals surface area contributed by atoms with Gasteiger partial charge in [0, 0.05) is 147 Å². The summed E-state index contributed by atoms with van der Waals surface area (Å²) in [4.78, 5) is 66.8. The van der Waals surface area contributed by atoms with Crippen LogP contribution in [0.15, 0.2) is 200 Å². The quantitative estimate of drug-likeness (QED) is 0.0523. The fraction of sp³-hybridized carbons (Fsp3) is 0.337. The van der Waals surface area contributed by atoms with E-state index in [4.69, 9.17) is 58.5 Å². The predicted octanol–water partition coefficient (Wildman–Crippen LogP) is 19.3. The summed E-state index contributed by atoms with van der Waals surface area (Å²) in [6.45, 7) is 7.62. The molecule has 0 atom stereocenters. The Morgan fingerprint density at radius 1 is 0.260 bits per heavy atom. The summed E-state index contributed by atoms with van der Waals surface area (Å²) in [6.07, 6.45) is 1.21. The Morgan fingerprint density at radius 3 is 0.863 bits per heavy atom. The number of fused-ring (bicyclic) bond motifs is 5. The van der Waals surface area contributed by atoms with Gasteiger partial charge in [-0.1, -0.05) is 107 Å². The minimum Gasteiger partial charge on any atom is -0.444 e. The van der Waals surface area contributed by atoms with Crippen LogP contribution >= 0.6 is 34.8 Å². The fourth-order valence-electron chi connectivity index (χ4n) is 19.3. The van der Waals surface area contributed by atoms with E-state index < -0.39 is 173 Å². The van der Waals surface area contributed by atoms with Crippen LogP contribution in [0.5, 0.6) is 0 Å². The van der Waals surface area contributed by atoms with Crippen LogP contribution in [0, 0.1) is 78.9 Å². The number of amides is 5. The maximum absolute atomic E-state index is 14.2. The zero-order chi connectivity index (χ0) is 105. The van der Waals surface area contributed by atoms with Crippen LogP contribution in [-0.2, 0) is 107 Å². The Morgan fingerprint density at radius 2 is 0.527 bits per heavy atom. The van der Waals surface area contributed by atoms with Gasteiger partial charge in [-0.15, -0.1) is 0 Å². The number of aryl methyl sites for hydroxylation is 3. The third kappa shape index (κ3) is 22.4. The number of piperidine rings is 5. The average molecular weight is 2190 g/mol. The van der Waals surface area contributed by atoms with Crippen molar-refractivity contribution in [2.24, 2.45) is 0 Å². The molecule has 10 heterocycles. The second kappa shape index (κ2) is 44.0. The van der Waals surface area contributed by atoms with Crippen molar-refractivity contribution in [1.82, 2.24) is 21.5 Å². The number of sulfonamides is 5. The normalized spacial score (nSPS) is 18.4. The van der Waals surface area contributed by atoms with E-state index in [0.717, 1.165) is 117 Å². The van der Waals surface area contributed by atoms with Gasteiger partial charge in [0.2, 0.25) is 50.1 Å². The summed E-state index contributed by atoms with van der Waals surface area (Å²) in [7, 11) is -20.8. The molecule has 0 aliphatic carbocycles. The number of para-hydroxylation sites is 3. The molecule has 30 nitrogen and oxygen atoms in total. The number of rotatable bonds is 15. The molecule has 0 bridgehead atoms. The molecule has 0 unspecified atom stereocenters. The molecule has 0 spiro atoms. The highest BCUT2D eigenvalue weighted by Crippen LogP contribution is 2.44. The molecule has 146 heavy (non-hydrogen) atoms. The first kappa shape index (κ1) is 107. The van der Waals surface area contributed by atoms with E-state index in [1.165, 1.54) is 13.5 Å². The highest BCUT2D eigenvalue weighted by molar-refractivity contribution is 7.90. The van der Waals surface area contributed by atoms with Gasteiger partial charge >= 0.3 is 30.5 Å². The van der Waals surface area contributed by atoms with Gasteiger partial charge in [-0.3, -0.25) is 24.5 Å². The molecule has 5 amide bonds. The fourth-order valence-corrected chi connectivity index (χ4v) is 27.4. The number of carbonyl (C=O) groups is 5. The molecule has 10 aromatic rings. The first-order valence-corrected chi connectivity index (χ1v) is 54.2. The number of carbonyl (C=O) groups excluding carboxylic acids is 5. The molecule has 10 aliphatic heterocycles. The Hall–Kier alpha value is -11.7. The molecule has 5 saturated heterocycles. The van der Waals surface area contributed by atoms with E-state index in [2.05, 4.69) is 0 Å². The molecule has 0 N–H and O–H groups in total. The number of cyclic esters (lactones) is 5. The van der Waals surface area contributed by atoms with Crippen molar-refractivity contribution >= 4 is 144 Å². The van der Waals surface area contributed by atoms with E-state index >= 15 is 0 Å². The van der Waals surface area contributed by atoms with Crippen LogP contribution in [0.25, 0.3) is 0 Å². The van der Waals surface area contributed by atoms with Crippen molar-refractivity contribution in [2.45, 2.75) is 173 Å². The number of benzene rings is 10. The molecule has 0 aromatic heterocycles. The van der Waals surface area contributed by atoms with Crippen molar-refractivity contribution in [3.63, 3.8) is 0 Å². The minimum atomic E-state index is -4.24. The molecule has 10 aliphatic rings. The molecule has 20 rings (SSSR count). The largest absolute Gasteiger partial charge is 0.444 e. The van der Waals surface area contributed by atoms with Gasteiger partial charge in [-0.05, 0) is 187 Å². The van der Waals surface area contributed by atoms with Gasteiger partial charge in [0.25, 0.3) is 0 Å². The predicted molar refractivity (Wildman–Crippen MR) is 515 cm³/mol. The number of halogens is 13. The maximum Gasteiger partial charge on any atom is 0.414 e. The van der Waals surface area contributed by atoms with Crippen LogP contribution in [0.2, 0.25) is 15.1 Å². The minimum absolute atomic E-state index is 0.0572. The lowest BCUT2D eigenvalue weighted by atomic mass is 10.00. The van der Waals surface area contributed by atoms with Crippen molar-refractivity contribution in [2.75, 3.05) is 89.9 Å². The Labute approximate surface area is 849 Å².